The van der Waals surface area contributed by atoms with Crippen LogP contribution >= 0.6 is 0 Å². The number of aliphatic hydroxyl groups is 2. The van der Waals surface area contributed by atoms with Gasteiger partial charge in [0.15, 0.2) is 5.83 Å². The molecule has 0 bridgehead atoms. The number of carbonyl (C=O) groups excluding carboxylic acids is 1. The van der Waals surface area contributed by atoms with E-state index >= 15 is 0 Å². The Labute approximate surface area is 160 Å². The summed E-state index contributed by atoms with van der Waals surface area (Å²) in [7, 11) is 0. The van der Waals surface area contributed by atoms with E-state index in [0.717, 1.165) is 12.1 Å². The summed E-state index contributed by atoms with van der Waals surface area (Å²) in [5.41, 5.74) is 2.30. The van der Waals surface area contributed by atoms with Gasteiger partial charge < -0.3 is 15.5 Å². The first-order valence-corrected chi connectivity index (χ1v) is 7.97. The van der Waals surface area contributed by atoms with Crippen molar-refractivity contribution in [2.45, 2.75) is 6.92 Å². The van der Waals surface area contributed by atoms with Crippen LogP contribution in [0.3, 0.4) is 0 Å². The van der Waals surface area contributed by atoms with Crippen LogP contribution in [0.2, 0.25) is 0 Å². The van der Waals surface area contributed by atoms with E-state index in [4.69, 9.17) is 15.1 Å². The van der Waals surface area contributed by atoms with Gasteiger partial charge in [0.25, 0.3) is 5.91 Å². The number of nitrogens with one attached hydrogen (secondary N) is 2. The fourth-order valence-corrected chi connectivity index (χ4v) is 1.89. The molecule has 0 aliphatic rings. The number of anilines is 1. The third kappa shape index (κ3) is 7.67. The third-order valence-electron chi connectivity index (χ3n) is 3.12. The molecule has 0 atom stereocenters. The summed E-state index contributed by atoms with van der Waals surface area (Å²) in [6, 6.07) is 3.99. The van der Waals surface area contributed by atoms with Crippen LogP contribution in [0, 0.1) is 17.7 Å². The van der Waals surface area contributed by atoms with Crippen LogP contribution in [0.4, 0.5) is 18.9 Å². The van der Waals surface area contributed by atoms with Crippen molar-refractivity contribution in [1.29, 1.82) is 0 Å². The molecule has 9 heteroatoms. The average molecular weight is 396 g/mol. The third-order valence-corrected chi connectivity index (χ3v) is 3.12. The minimum absolute atomic E-state index is 0.00327. The number of hydrogen-bond acceptors (Lipinski definition) is 5. The second-order valence-electron chi connectivity index (χ2n) is 5.15. The van der Waals surface area contributed by atoms with Gasteiger partial charge in [0.05, 0.1) is 24.5 Å². The summed E-state index contributed by atoms with van der Waals surface area (Å²) in [5, 5.41) is 20.0. The van der Waals surface area contributed by atoms with Crippen LogP contribution in [-0.2, 0) is 9.63 Å². The minimum Gasteiger partial charge on any atom is -0.394 e. The first-order valence-electron chi connectivity index (χ1n) is 7.97. The highest BCUT2D eigenvalue weighted by atomic mass is 19.2. The lowest BCUT2D eigenvalue weighted by molar-refractivity contribution is -0.129. The van der Waals surface area contributed by atoms with E-state index in [1.54, 1.807) is 0 Å². The Balaban J connectivity index is 3.14. The largest absolute Gasteiger partial charge is 0.394 e. The lowest BCUT2D eigenvalue weighted by Gasteiger charge is -2.13. The Morgan fingerprint density at radius 2 is 2.07 bits per heavy atom. The van der Waals surface area contributed by atoms with Crippen LogP contribution in [0.15, 0.2) is 53.8 Å². The van der Waals surface area contributed by atoms with E-state index < -0.39 is 17.6 Å². The molecule has 0 aliphatic heterocycles. The molecule has 0 heterocycles. The second-order valence-corrected chi connectivity index (χ2v) is 5.15. The minimum atomic E-state index is -1.23. The molecule has 0 aliphatic carbocycles. The van der Waals surface area contributed by atoms with Gasteiger partial charge in [-0.3, -0.25) is 9.63 Å². The lowest BCUT2D eigenvalue weighted by Crippen LogP contribution is -2.27. The van der Waals surface area contributed by atoms with Gasteiger partial charge in [0, 0.05) is 11.3 Å². The number of carbonyl (C=O) groups is 1. The van der Waals surface area contributed by atoms with Crippen molar-refractivity contribution in [2.24, 2.45) is 0 Å². The molecule has 0 aromatic heterocycles. The summed E-state index contributed by atoms with van der Waals surface area (Å²) in [4.78, 5) is 16.9. The van der Waals surface area contributed by atoms with Crippen molar-refractivity contribution < 1.29 is 33.0 Å². The van der Waals surface area contributed by atoms with Gasteiger partial charge in [-0.05, 0) is 37.3 Å². The molecule has 6 nitrogen and oxygen atoms in total. The first kappa shape index (κ1) is 23.0. The monoisotopic (exact) mass is 396 g/mol. The fourth-order valence-electron chi connectivity index (χ4n) is 1.89. The maximum Gasteiger partial charge on any atom is 0.276 e. The molecule has 150 valence electrons. The molecule has 0 radical (unpaired) electrons. The highest BCUT2D eigenvalue weighted by Crippen LogP contribution is 2.19. The summed E-state index contributed by atoms with van der Waals surface area (Å²) >= 11 is 0. The van der Waals surface area contributed by atoms with Gasteiger partial charge in [-0.2, -0.15) is 0 Å². The SMILES string of the molecule is C\C(Nc1ccc(C#CCO)cc1F)=C(/C=C\C(F)=C\F)C(=O)NOCCO. The van der Waals surface area contributed by atoms with Crippen LogP contribution in [0.1, 0.15) is 12.5 Å². The normalized spacial score (nSPS) is 12.3. The highest BCUT2D eigenvalue weighted by Gasteiger charge is 2.13. The fraction of sp³-hybridized carbons (Fsp3) is 0.211. The molecule has 0 saturated carbocycles. The number of benzene rings is 1. The molecular formula is C19H19F3N2O4. The van der Waals surface area contributed by atoms with Crippen molar-refractivity contribution in [3.8, 4) is 11.8 Å². The van der Waals surface area contributed by atoms with E-state index in [1.165, 1.54) is 19.1 Å². The summed E-state index contributed by atoms with van der Waals surface area (Å²) < 4.78 is 39.4. The van der Waals surface area contributed by atoms with Crippen molar-refractivity contribution in [3.63, 3.8) is 0 Å². The summed E-state index contributed by atoms with van der Waals surface area (Å²) in [6.45, 7) is 0.527. The van der Waals surface area contributed by atoms with Gasteiger partial charge in [0.2, 0.25) is 0 Å². The molecule has 0 fully saturated rings. The maximum atomic E-state index is 14.2. The van der Waals surface area contributed by atoms with E-state index in [2.05, 4.69) is 17.2 Å². The Bertz CT molecular complexity index is 839. The number of aliphatic hydroxyl groups excluding tert-OH is 2. The van der Waals surface area contributed by atoms with Crippen LogP contribution in [-0.4, -0.2) is 35.9 Å². The summed E-state index contributed by atoms with van der Waals surface area (Å²) in [6.07, 6.45) is 1.39. The molecule has 0 spiro atoms. The smallest absolute Gasteiger partial charge is 0.276 e. The number of hydroxylamine groups is 1. The molecule has 1 aromatic rings. The van der Waals surface area contributed by atoms with Gasteiger partial charge in [-0.15, -0.1) is 0 Å². The molecule has 0 saturated heterocycles. The van der Waals surface area contributed by atoms with E-state index in [0.29, 0.717) is 11.6 Å². The quantitative estimate of drug-likeness (QED) is 0.178. The predicted molar refractivity (Wildman–Crippen MR) is 97.3 cm³/mol. The molecule has 1 aromatic carbocycles. The Hall–Kier alpha value is -3.06. The topological polar surface area (TPSA) is 90.8 Å². The lowest BCUT2D eigenvalue weighted by atomic mass is 10.1. The van der Waals surface area contributed by atoms with E-state index in [-0.39, 0.29) is 43.1 Å². The molecule has 0 unspecified atom stereocenters. The summed E-state index contributed by atoms with van der Waals surface area (Å²) in [5.74, 6) is 2.20. The van der Waals surface area contributed by atoms with Gasteiger partial charge in [-0.25, -0.2) is 18.7 Å². The number of halogens is 3. The van der Waals surface area contributed by atoms with Gasteiger partial charge in [-0.1, -0.05) is 11.8 Å². The Kier molecular flexibility index (Phi) is 10.1. The van der Waals surface area contributed by atoms with Crippen LogP contribution < -0.4 is 10.8 Å². The predicted octanol–water partition coefficient (Wildman–Crippen LogP) is 2.23. The van der Waals surface area contributed by atoms with Crippen LogP contribution in [0.5, 0.6) is 0 Å². The number of rotatable bonds is 8. The number of amides is 1. The number of hydrogen-bond donors (Lipinski definition) is 4. The Morgan fingerprint density at radius 1 is 1.32 bits per heavy atom. The molecular weight excluding hydrogens is 377 g/mol. The van der Waals surface area contributed by atoms with Crippen molar-refractivity contribution in [1.82, 2.24) is 5.48 Å². The van der Waals surface area contributed by atoms with Gasteiger partial charge >= 0.3 is 0 Å². The maximum absolute atomic E-state index is 14.2. The molecule has 4 N–H and O–H groups in total. The second kappa shape index (κ2) is 12.3. The number of allylic oxidation sites excluding steroid dienone is 3. The van der Waals surface area contributed by atoms with Crippen LogP contribution in [0.25, 0.3) is 0 Å². The van der Waals surface area contributed by atoms with E-state index in [1.807, 2.05) is 5.48 Å². The zero-order valence-electron chi connectivity index (χ0n) is 14.9. The Morgan fingerprint density at radius 3 is 2.68 bits per heavy atom. The van der Waals surface area contributed by atoms with Crippen molar-refractivity contribution in [2.75, 3.05) is 25.1 Å². The van der Waals surface area contributed by atoms with E-state index in [9.17, 15) is 18.0 Å². The average Bonchev–Trinajstić information content (AvgIpc) is 2.68. The first-order chi connectivity index (χ1) is 13.4. The highest BCUT2D eigenvalue weighted by molar-refractivity contribution is 5.96. The van der Waals surface area contributed by atoms with Crippen molar-refractivity contribution in [3.05, 3.63) is 65.2 Å². The molecule has 1 amide bonds. The standard InChI is InChI=1S/C19H19F3N2O4/c1-13(23-18-7-4-14(3-2-8-25)11-17(18)22)16(6-5-15(21)12-20)19(27)24-28-10-9-26/h4-7,11-12,23,25-26H,8-10H2,1H3,(H,24,27)/b6-5-,15-12-,16-13-. The zero-order chi connectivity index (χ0) is 20.9. The van der Waals surface area contributed by atoms with Crippen molar-refractivity contribution >= 4 is 11.6 Å². The molecule has 28 heavy (non-hydrogen) atoms. The van der Waals surface area contributed by atoms with Gasteiger partial charge in [0.1, 0.15) is 18.8 Å². The zero-order valence-corrected chi connectivity index (χ0v) is 14.9. The molecule has 1 rings (SSSR count).